The number of halogens is 4. The maximum atomic E-state index is 13.2. The maximum absolute atomic E-state index is 13.2. The lowest BCUT2D eigenvalue weighted by Gasteiger charge is -2.42. The van der Waals surface area contributed by atoms with Gasteiger partial charge in [-0.25, -0.2) is 17.6 Å². The van der Waals surface area contributed by atoms with E-state index >= 15 is 0 Å². The molecule has 1 atom stereocenters. The fraction of sp³-hybridized carbons (Fsp3) is 0.500. The number of ether oxygens (including phenoxy) is 1. The standard InChI is InChI=1S/C20H25FN2O3S2.C2HF3O2/c21-17-4-6-19(7-5-17)28(24,25)23-10-2-8-20(9-11-23)16-22(12-13-26-20)15-18-3-1-14-27-18;3-2(4,5)1(6)7/h1,3-7,14H,2,8-13,15-16H2;(H,6,7). The highest BCUT2D eigenvalue weighted by Gasteiger charge is 2.40. The number of aliphatic carboxylic acids is 1. The Balaban J connectivity index is 0.000000429. The van der Waals surface area contributed by atoms with E-state index < -0.39 is 28.0 Å². The number of thiophene rings is 1. The van der Waals surface area contributed by atoms with Crippen LogP contribution < -0.4 is 0 Å². The Morgan fingerprint density at radius 3 is 2.40 bits per heavy atom. The highest BCUT2D eigenvalue weighted by atomic mass is 32.2. The molecule has 35 heavy (non-hydrogen) atoms. The number of hydrogen-bond acceptors (Lipinski definition) is 6. The normalized spacial score (nSPS) is 22.3. The van der Waals surface area contributed by atoms with Crippen LogP contribution in [0.15, 0.2) is 46.7 Å². The van der Waals surface area contributed by atoms with E-state index in [9.17, 15) is 26.0 Å². The average molecular weight is 539 g/mol. The lowest BCUT2D eigenvalue weighted by Crippen LogP contribution is -2.51. The molecule has 0 bridgehead atoms. The summed E-state index contributed by atoms with van der Waals surface area (Å²) in [6.45, 7) is 4.21. The van der Waals surface area contributed by atoms with E-state index in [0.29, 0.717) is 26.1 Å². The summed E-state index contributed by atoms with van der Waals surface area (Å²) in [5, 5.41) is 9.22. The van der Waals surface area contributed by atoms with Crippen LogP contribution in [0.5, 0.6) is 0 Å². The van der Waals surface area contributed by atoms with Crippen molar-refractivity contribution < 1.29 is 40.6 Å². The van der Waals surface area contributed by atoms with Crippen LogP contribution in [0.1, 0.15) is 24.1 Å². The minimum Gasteiger partial charge on any atom is -0.475 e. The molecule has 7 nitrogen and oxygen atoms in total. The zero-order chi connectivity index (χ0) is 25.7. The van der Waals surface area contributed by atoms with Crippen molar-refractivity contribution in [2.24, 2.45) is 0 Å². The predicted octanol–water partition coefficient (Wildman–Crippen LogP) is 3.97. The fourth-order valence-corrected chi connectivity index (χ4v) is 6.35. The van der Waals surface area contributed by atoms with E-state index in [2.05, 4.69) is 22.4 Å². The Bertz CT molecular complexity index is 1080. The first-order valence-corrected chi connectivity index (χ1v) is 13.2. The molecular formula is C22H26F4N2O5S2. The Labute approximate surface area is 205 Å². The van der Waals surface area contributed by atoms with Crippen molar-refractivity contribution in [3.63, 3.8) is 0 Å². The van der Waals surface area contributed by atoms with E-state index in [0.717, 1.165) is 32.5 Å². The summed E-state index contributed by atoms with van der Waals surface area (Å²) in [6, 6.07) is 9.28. The number of hydrogen-bond donors (Lipinski definition) is 1. The number of alkyl halides is 3. The monoisotopic (exact) mass is 538 g/mol. The number of nitrogens with zero attached hydrogens (tertiary/aromatic N) is 2. The number of morpholine rings is 1. The van der Waals surface area contributed by atoms with E-state index in [1.807, 2.05) is 0 Å². The van der Waals surface area contributed by atoms with Crippen molar-refractivity contribution in [1.29, 1.82) is 0 Å². The third-order valence-corrected chi connectivity index (χ3v) is 8.61. The van der Waals surface area contributed by atoms with E-state index in [4.69, 9.17) is 14.6 Å². The molecule has 3 heterocycles. The van der Waals surface area contributed by atoms with Gasteiger partial charge in [-0.1, -0.05) is 6.07 Å². The minimum absolute atomic E-state index is 0.147. The quantitative estimate of drug-likeness (QED) is 0.593. The van der Waals surface area contributed by atoms with Crippen molar-refractivity contribution >= 4 is 27.3 Å². The largest absolute Gasteiger partial charge is 0.490 e. The van der Waals surface area contributed by atoms with Gasteiger partial charge in [0.15, 0.2) is 0 Å². The third kappa shape index (κ3) is 7.46. The molecular weight excluding hydrogens is 512 g/mol. The Kier molecular flexibility index (Phi) is 8.91. The molecule has 1 spiro atoms. The van der Waals surface area contributed by atoms with Crippen molar-refractivity contribution in [2.45, 2.75) is 42.5 Å². The van der Waals surface area contributed by atoms with E-state index in [-0.39, 0.29) is 10.5 Å². The molecule has 0 saturated carbocycles. The Hall–Kier alpha value is -2.06. The minimum atomic E-state index is -5.08. The Morgan fingerprint density at radius 2 is 1.80 bits per heavy atom. The topological polar surface area (TPSA) is 87.1 Å². The molecule has 1 aromatic heterocycles. The molecule has 0 aliphatic carbocycles. The first kappa shape index (κ1) is 27.5. The maximum Gasteiger partial charge on any atom is 0.490 e. The van der Waals surface area contributed by atoms with Gasteiger partial charge in [0.25, 0.3) is 0 Å². The van der Waals surface area contributed by atoms with Crippen molar-refractivity contribution in [3.05, 3.63) is 52.5 Å². The summed E-state index contributed by atoms with van der Waals surface area (Å²) in [5.74, 6) is -3.19. The van der Waals surface area contributed by atoms with Gasteiger partial charge >= 0.3 is 12.1 Å². The highest BCUT2D eigenvalue weighted by Crippen LogP contribution is 2.33. The summed E-state index contributed by atoms with van der Waals surface area (Å²) >= 11 is 1.76. The van der Waals surface area contributed by atoms with Crippen LogP contribution in [0.25, 0.3) is 0 Å². The van der Waals surface area contributed by atoms with Gasteiger partial charge in [-0.05, 0) is 55.0 Å². The van der Waals surface area contributed by atoms with Crippen molar-refractivity contribution in [3.8, 4) is 0 Å². The molecule has 2 aromatic rings. The predicted molar refractivity (Wildman–Crippen MR) is 121 cm³/mol. The lowest BCUT2D eigenvalue weighted by molar-refractivity contribution is -0.192. The number of sulfonamides is 1. The Morgan fingerprint density at radius 1 is 1.11 bits per heavy atom. The fourth-order valence-electron chi connectivity index (χ4n) is 4.12. The smallest absolute Gasteiger partial charge is 0.475 e. The first-order chi connectivity index (χ1) is 16.4. The van der Waals surface area contributed by atoms with Gasteiger partial charge in [0.05, 0.1) is 17.1 Å². The zero-order valence-corrected chi connectivity index (χ0v) is 20.3. The number of rotatable bonds is 4. The van der Waals surface area contributed by atoms with Gasteiger partial charge in [-0.15, -0.1) is 11.3 Å². The van der Waals surface area contributed by atoms with E-state index in [1.54, 1.807) is 11.3 Å². The molecule has 2 saturated heterocycles. The SMILES string of the molecule is O=C(O)C(F)(F)F.O=S(=O)(c1ccc(F)cc1)N1CCCC2(CC1)CN(Cc1cccs1)CCO2. The number of benzene rings is 1. The zero-order valence-electron chi connectivity index (χ0n) is 18.7. The van der Waals surface area contributed by atoms with Gasteiger partial charge in [0, 0.05) is 37.6 Å². The summed E-state index contributed by atoms with van der Waals surface area (Å²) < 4.78 is 78.5. The second-order valence-electron chi connectivity index (χ2n) is 8.34. The second-order valence-corrected chi connectivity index (χ2v) is 11.3. The van der Waals surface area contributed by atoms with Crippen molar-refractivity contribution in [2.75, 3.05) is 32.8 Å². The van der Waals surface area contributed by atoms with Crippen LogP contribution in [-0.2, 0) is 26.1 Å². The van der Waals surface area contributed by atoms with Gasteiger partial charge in [0.2, 0.25) is 10.0 Å². The number of carboxylic acid groups (broad SMARTS) is 1. The molecule has 1 unspecified atom stereocenters. The molecule has 2 fully saturated rings. The highest BCUT2D eigenvalue weighted by molar-refractivity contribution is 7.89. The molecule has 1 aromatic carbocycles. The van der Waals surface area contributed by atoms with Gasteiger partial charge in [-0.3, -0.25) is 4.90 Å². The van der Waals surface area contributed by atoms with Gasteiger partial charge in [-0.2, -0.15) is 17.5 Å². The van der Waals surface area contributed by atoms with Crippen LogP contribution in [0.2, 0.25) is 0 Å². The second kappa shape index (κ2) is 11.3. The van der Waals surface area contributed by atoms with Crippen molar-refractivity contribution in [1.82, 2.24) is 9.21 Å². The summed E-state index contributed by atoms with van der Waals surface area (Å²) in [4.78, 5) is 12.8. The van der Waals surface area contributed by atoms with Crippen LogP contribution in [0.3, 0.4) is 0 Å². The molecule has 0 amide bonds. The summed E-state index contributed by atoms with van der Waals surface area (Å²) in [7, 11) is -3.61. The van der Waals surface area contributed by atoms with Crippen LogP contribution in [0, 0.1) is 5.82 Å². The summed E-state index contributed by atoms with van der Waals surface area (Å²) in [6.07, 6.45) is -2.80. The average Bonchev–Trinajstić information content (AvgIpc) is 3.21. The molecule has 194 valence electrons. The molecule has 0 radical (unpaired) electrons. The number of carboxylic acids is 1. The van der Waals surface area contributed by atoms with Gasteiger partial charge in [0.1, 0.15) is 5.82 Å². The third-order valence-electron chi connectivity index (χ3n) is 5.84. The first-order valence-electron chi connectivity index (χ1n) is 10.9. The molecule has 1 N–H and O–H groups in total. The molecule has 4 rings (SSSR count). The molecule has 2 aliphatic rings. The molecule has 13 heteroatoms. The molecule has 2 aliphatic heterocycles. The lowest BCUT2D eigenvalue weighted by atomic mass is 9.92. The number of carbonyl (C=O) groups is 1. The van der Waals surface area contributed by atoms with Crippen LogP contribution in [0.4, 0.5) is 17.6 Å². The summed E-state index contributed by atoms with van der Waals surface area (Å²) in [5.41, 5.74) is -0.289. The van der Waals surface area contributed by atoms with Crippen LogP contribution >= 0.6 is 11.3 Å². The van der Waals surface area contributed by atoms with Crippen LogP contribution in [-0.4, -0.2) is 73.3 Å². The van der Waals surface area contributed by atoms with E-state index in [1.165, 1.54) is 33.4 Å². The van der Waals surface area contributed by atoms with Gasteiger partial charge < -0.3 is 9.84 Å².